The zero-order chi connectivity index (χ0) is 22.2. The molecular formula is C22H24ClN5O3. The zero-order valence-electron chi connectivity index (χ0n) is 17.6. The van der Waals surface area contributed by atoms with Gasteiger partial charge in [0.15, 0.2) is 0 Å². The summed E-state index contributed by atoms with van der Waals surface area (Å²) >= 11 is 6.24. The van der Waals surface area contributed by atoms with Crippen molar-refractivity contribution in [3.63, 3.8) is 0 Å². The smallest absolute Gasteiger partial charge is 0.330 e. The van der Waals surface area contributed by atoms with Gasteiger partial charge in [-0.15, -0.1) is 0 Å². The van der Waals surface area contributed by atoms with E-state index in [-0.39, 0.29) is 0 Å². The van der Waals surface area contributed by atoms with E-state index in [1.165, 1.54) is 6.08 Å². The van der Waals surface area contributed by atoms with Crippen LogP contribution in [0.4, 0.5) is 5.82 Å². The van der Waals surface area contributed by atoms with Crippen molar-refractivity contribution >= 4 is 29.5 Å². The molecule has 0 unspecified atom stereocenters. The number of nitrogens with one attached hydrogen (secondary N) is 1. The predicted molar refractivity (Wildman–Crippen MR) is 120 cm³/mol. The zero-order valence-corrected chi connectivity index (χ0v) is 18.4. The minimum absolute atomic E-state index is 0.295. The van der Waals surface area contributed by atoms with Crippen molar-refractivity contribution in [1.82, 2.24) is 19.7 Å². The minimum Gasteiger partial charge on any atom is -0.497 e. The lowest BCUT2D eigenvalue weighted by molar-refractivity contribution is -0.137. The highest BCUT2D eigenvalue weighted by molar-refractivity contribution is 6.29. The van der Waals surface area contributed by atoms with Gasteiger partial charge in [0, 0.05) is 24.3 Å². The second kappa shape index (κ2) is 10.6. The van der Waals surface area contributed by atoms with Crippen molar-refractivity contribution in [2.75, 3.05) is 19.0 Å². The number of esters is 1. The lowest BCUT2D eigenvalue weighted by Gasteiger charge is -2.10. The number of rotatable bonds is 9. The van der Waals surface area contributed by atoms with Gasteiger partial charge in [0.05, 0.1) is 25.6 Å². The Kier molecular flexibility index (Phi) is 7.61. The number of hydrogen-bond donors (Lipinski definition) is 1. The number of hydrogen-bond acceptors (Lipinski definition) is 7. The van der Waals surface area contributed by atoms with Gasteiger partial charge in [-0.25, -0.2) is 9.48 Å². The molecule has 0 amide bonds. The van der Waals surface area contributed by atoms with Crippen LogP contribution in [0.2, 0.25) is 5.15 Å². The Labute approximate surface area is 185 Å². The molecule has 31 heavy (non-hydrogen) atoms. The van der Waals surface area contributed by atoms with Crippen LogP contribution >= 0.6 is 11.6 Å². The molecule has 1 N–H and O–H groups in total. The molecule has 3 aromatic rings. The SMILES string of the molecule is CCOC(=O)C=Cc1cnn(-c2nc(Cl)cc(NCc3ccc(OC)cc3)n2)c1CC. The van der Waals surface area contributed by atoms with Crippen LogP contribution in [0, 0.1) is 0 Å². The molecule has 0 aliphatic heterocycles. The van der Waals surface area contributed by atoms with Crippen molar-refractivity contribution in [2.45, 2.75) is 26.8 Å². The first-order chi connectivity index (χ1) is 15.0. The number of carbonyl (C=O) groups excluding carboxylic acids is 1. The summed E-state index contributed by atoms with van der Waals surface area (Å²) in [4.78, 5) is 20.5. The van der Waals surface area contributed by atoms with E-state index in [2.05, 4.69) is 20.4 Å². The number of ether oxygens (including phenoxy) is 2. The Morgan fingerprint density at radius 2 is 2.00 bits per heavy atom. The van der Waals surface area contributed by atoms with Gasteiger partial charge in [-0.3, -0.25) is 0 Å². The van der Waals surface area contributed by atoms with Gasteiger partial charge in [0.1, 0.15) is 16.7 Å². The second-order valence-electron chi connectivity index (χ2n) is 6.47. The molecule has 0 atom stereocenters. The molecule has 0 fully saturated rings. The minimum atomic E-state index is -0.402. The largest absolute Gasteiger partial charge is 0.497 e. The number of benzene rings is 1. The number of halogens is 1. The van der Waals surface area contributed by atoms with Crippen LogP contribution in [0.3, 0.4) is 0 Å². The fraction of sp³-hybridized carbons (Fsp3) is 0.273. The van der Waals surface area contributed by atoms with Crippen LogP contribution in [0.15, 0.2) is 42.6 Å². The molecule has 0 aliphatic carbocycles. The van der Waals surface area contributed by atoms with Gasteiger partial charge < -0.3 is 14.8 Å². The molecule has 0 aliphatic rings. The van der Waals surface area contributed by atoms with E-state index in [4.69, 9.17) is 21.1 Å². The van der Waals surface area contributed by atoms with E-state index >= 15 is 0 Å². The first-order valence-electron chi connectivity index (χ1n) is 9.87. The van der Waals surface area contributed by atoms with Gasteiger partial charge in [-0.1, -0.05) is 30.7 Å². The third-order valence-electron chi connectivity index (χ3n) is 4.43. The molecule has 9 heteroatoms. The first-order valence-corrected chi connectivity index (χ1v) is 10.2. The molecule has 2 heterocycles. The van der Waals surface area contributed by atoms with Gasteiger partial charge in [0.25, 0.3) is 5.95 Å². The van der Waals surface area contributed by atoms with E-state index in [0.29, 0.717) is 36.5 Å². The average Bonchev–Trinajstić information content (AvgIpc) is 3.19. The van der Waals surface area contributed by atoms with Gasteiger partial charge in [-0.2, -0.15) is 15.1 Å². The Hall–Kier alpha value is -3.39. The summed E-state index contributed by atoms with van der Waals surface area (Å²) in [5.74, 6) is 1.32. The highest BCUT2D eigenvalue weighted by atomic mass is 35.5. The van der Waals surface area contributed by atoms with Crippen LogP contribution in [0.5, 0.6) is 5.75 Å². The van der Waals surface area contributed by atoms with Crippen molar-refractivity contribution in [1.29, 1.82) is 0 Å². The van der Waals surface area contributed by atoms with Crippen molar-refractivity contribution in [3.05, 3.63) is 64.6 Å². The Balaban J connectivity index is 1.81. The van der Waals surface area contributed by atoms with Crippen LogP contribution in [0.1, 0.15) is 30.7 Å². The van der Waals surface area contributed by atoms with Crippen LogP contribution in [0.25, 0.3) is 12.0 Å². The summed E-state index contributed by atoms with van der Waals surface area (Å²) in [7, 11) is 1.63. The topological polar surface area (TPSA) is 91.2 Å². The number of nitrogens with zero attached hydrogens (tertiary/aromatic N) is 4. The summed E-state index contributed by atoms with van der Waals surface area (Å²) in [6.07, 6.45) is 5.37. The summed E-state index contributed by atoms with van der Waals surface area (Å²) in [6.45, 7) is 4.64. The van der Waals surface area contributed by atoms with E-state index < -0.39 is 5.97 Å². The third kappa shape index (κ3) is 5.82. The number of anilines is 1. The Morgan fingerprint density at radius 3 is 2.68 bits per heavy atom. The molecule has 0 saturated heterocycles. The normalized spacial score (nSPS) is 11.0. The van der Waals surface area contributed by atoms with Gasteiger partial charge in [0.2, 0.25) is 0 Å². The molecule has 8 nitrogen and oxygen atoms in total. The number of carbonyl (C=O) groups is 1. The third-order valence-corrected chi connectivity index (χ3v) is 4.62. The molecule has 0 spiro atoms. The van der Waals surface area contributed by atoms with Crippen molar-refractivity contribution in [2.24, 2.45) is 0 Å². The maximum absolute atomic E-state index is 11.6. The molecule has 2 aromatic heterocycles. The highest BCUT2D eigenvalue weighted by Gasteiger charge is 2.13. The average molecular weight is 442 g/mol. The fourth-order valence-corrected chi connectivity index (χ4v) is 3.11. The first kappa shape index (κ1) is 22.3. The van der Waals surface area contributed by atoms with Crippen LogP contribution in [-0.2, 0) is 22.5 Å². The predicted octanol–water partition coefficient (Wildman–Crippen LogP) is 4.08. The van der Waals surface area contributed by atoms with Crippen LogP contribution in [-0.4, -0.2) is 39.4 Å². The fourth-order valence-electron chi connectivity index (χ4n) is 2.93. The monoisotopic (exact) mass is 441 g/mol. The molecule has 0 bridgehead atoms. The van der Waals surface area contributed by atoms with E-state index in [9.17, 15) is 4.79 Å². The quantitative estimate of drug-likeness (QED) is 0.304. The molecule has 0 saturated carbocycles. The summed E-state index contributed by atoms with van der Waals surface area (Å²) < 4.78 is 11.7. The van der Waals surface area contributed by atoms with E-state index in [1.807, 2.05) is 31.2 Å². The molecule has 162 valence electrons. The van der Waals surface area contributed by atoms with Gasteiger partial charge >= 0.3 is 5.97 Å². The van der Waals surface area contributed by atoms with E-state index in [0.717, 1.165) is 22.6 Å². The molecule has 3 rings (SSSR count). The lowest BCUT2D eigenvalue weighted by Crippen LogP contribution is -2.10. The summed E-state index contributed by atoms with van der Waals surface area (Å²) in [5.41, 5.74) is 2.70. The summed E-state index contributed by atoms with van der Waals surface area (Å²) in [6, 6.07) is 9.40. The second-order valence-corrected chi connectivity index (χ2v) is 6.86. The standard InChI is InChI=1S/C22H24ClN5O3/c1-4-18-16(8-11-21(29)31-5-2)14-25-28(18)22-26-19(23)12-20(27-22)24-13-15-6-9-17(30-3)10-7-15/h6-12,14H,4-5,13H2,1-3H3,(H,24,26,27). The lowest BCUT2D eigenvalue weighted by atomic mass is 10.2. The number of methoxy groups -OCH3 is 1. The maximum Gasteiger partial charge on any atom is 0.330 e. The Bertz CT molecular complexity index is 1060. The van der Waals surface area contributed by atoms with Crippen molar-refractivity contribution < 1.29 is 14.3 Å². The summed E-state index contributed by atoms with van der Waals surface area (Å²) in [5, 5.41) is 7.94. The van der Waals surface area contributed by atoms with E-state index in [1.54, 1.807) is 37.1 Å². The molecular weight excluding hydrogens is 418 g/mol. The van der Waals surface area contributed by atoms with Crippen molar-refractivity contribution in [3.8, 4) is 11.7 Å². The molecule has 1 aromatic carbocycles. The van der Waals surface area contributed by atoms with Gasteiger partial charge in [-0.05, 0) is 37.1 Å². The Morgan fingerprint density at radius 1 is 1.23 bits per heavy atom. The maximum atomic E-state index is 11.6. The van der Waals surface area contributed by atoms with Crippen LogP contribution < -0.4 is 10.1 Å². The number of aromatic nitrogens is 4. The molecule has 0 radical (unpaired) electrons. The highest BCUT2D eigenvalue weighted by Crippen LogP contribution is 2.20.